The first kappa shape index (κ1) is 13.3. The average Bonchev–Trinajstić information content (AvgIpc) is 2.92. The van der Waals surface area contributed by atoms with Crippen molar-refractivity contribution in [1.82, 2.24) is 9.55 Å². The SMILES string of the molecule is CCn1cncc1CNc1cc(OC)ccc1OC. The van der Waals surface area contributed by atoms with Gasteiger partial charge in [0.15, 0.2) is 0 Å². The molecule has 0 bridgehead atoms. The van der Waals surface area contributed by atoms with Crippen LogP contribution in [-0.2, 0) is 13.1 Å². The molecular weight excluding hydrogens is 242 g/mol. The first-order valence-electron chi connectivity index (χ1n) is 6.23. The topological polar surface area (TPSA) is 48.3 Å². The zero-order valence-corrected chi connectivity index (χ0v) is 11.5. The quantitative estimate of drug-likeness (QED) is 0.868. The standard InChI is InChI=1S/C14H19N3O2/c1-4-17-10-15-8-11(17)9-16-13-7-12(18-2)5-6-14(13)19-3/h5-8,10,16H,4,9H2,1-3H3. The van der Waals surface area contributed by atoms with Gasteiger partial charge in [-0.2, -0.15) is 0 Å². The fraction of sp³-hybridized carbons (Fsp3) is 0.357. The van der Waals surface area contributed by atoms with Crippen molar-refractivity contribution in [3.8, 4) is 11.5 Å². The van der Waals surface area contributed by atoms with Crippen LogP contribution in [-0.4, -0.2) is 23.8 Å². The Morgan fingerprint density at radius 1 is 1.26 bits per heavy atom. The molecule has 5 heteroatoms. The summed E-state index contributed by atoms with van der Waals surface area (Å²) in [5, 5.41) is 3.35. The lowest BCUT2D eigenvalue weighted by Gasteiger charge is -2.13. The summed E-state index contributed by atoms with van der Waals surface area (Å²) in [6.45, 7) is 3.70. The summed E-state index contributed by atoms with van der Waals surface area (Å²) in [6.07, 6.45) is 3.70. The predicted molar refractivity (Wildman–Crippen MR) is 74.8 cm³/mol. The van der Waals surface area contributed by atoms with Crippen LogP contribution >= 0.6 is 0 Å². The number of imidazole rings is 1. The number of nitrogens with one attached hydrogen (secondary N) is 1. The van der Waals surface area contributed by atoms with Gasteiger partial charge in [-0.25, -0.2) is 4.98 Å². The van der Waals surface area contributed by atoms with E-state index < -0.39 is 0 Å². The van der Waals surface area contributed by atoms with Crippen LogP contribution in [0.15, 0.2) is 30.7 Å². The third-order valence-electron chi connectivity index (χ3n) is 3.01. The van der Waals surface area contributed by atoms with E-state index in [9.17, 15) is 0 Å². The summed E-state index contributed by atoms with van der Waals surface area (Å²) in [6, 6.07) is 5.68. The molecule has 1 N–H and O–H groups in total. The number of aryl methyl sites for hydroxylation is 1. The molecule has 5 nitrogen and oxygen atoms in total. The number of anilines is 1. The van der Waals surface area contributed by atoms with Gasteiger partial charge in [0.2, 0.25) is 0 Å². The molecule has 0 fully saturated rings. The molecule has 0 aliphatic heterocycles. The number of rotatable bonds is 6. The Balaban J connectivity index is 2.14. The Morgan fingerprint density at radius 3 is 2.79 bits per heavy atom. The Kier molecular flexibility index (Phi) is 4.28. The molecule has 1 aromatic carbocycles. The van der Waals surface area contributed by atoms with Crippen molar-refractivity contribution in [2.24, 2.45) is 0 Å². The van der Waals surface area contributed by atoms with Gasteiger partial charge in [0.25, 0.3) is 0 Å². The lowest BCUT2D eigenvalue weighted by atomic mass is 10.2. The third-order valence-corrected chi connectivity index (χ3v) is 3.01. The van der Waals surface area contributed by atoms with E-state index in [1.165, 1.54) is 0 Å². The fourth-order valence-electron chi connectivity index (χ4n) is 1.92. The lowest BCUT2D eigenvalue weighted by Crippen LogP contribution is -2.07. The minimum absolute atomic E-state index is 0.692. The third kappa shape index (κ3) is 2.99. The highest BCUT2D eigenvalue weighted by atomic mass is 16.5. The molecule has 0 aliphatic carbocycles. The molecule has 1 heterocycles. The molecule has 1 aromatic heterocycles. The smallest absolute Gasteiger partial charge is 0.142 e. The summed E-state index contributed by atoms with van der Waals surface area (Å²) in [5.74, 6) is 1.59. The molecule has 2 rings (SSSR count). The van der Waals surface area contributed by atoms with E-state index in [1.54, 1.807) is 14.2 Å². The molecule has 0 aliphatic rings. The Bertz CT molecular complexity index is 537. The predicted octanol–water partition coefficient (Wildman–Crippen LogP) is 2.53. The van der Waals surface area contributed by atoms with Gasteiger partial charge in [-0.05, 0) is 19.1 Å². The normalized spacial score (nSPS) is 10.3. The Labute approximate surface area is 113 Å². The molecule has 19 heavy (non-hydrogen) atoms. The van der Waals surface area contributed by atoms with Crippen molar-refractivity contribution in [3.63, 3.8) is 0 Å². The van der Waals surface area contributed by atoms with Gasteiger partial charge in [-0.3, -0.25) is 0 Å². The van der Waals surface area contributed by atoms with Gasteiger partial charge in [0.05, 0.1) is 38.5 Å². The van der Waals surface area contributed by atoms with Gasteiger partial charge >= 0.3 is 0 Å². The van der Waals surface area contributed by atoms with Crippen LogP contribution in [0.25, 0.3) is 0 Å². The number of hydrogen-bond acceptors (Lipinski definition) is 4. The highest BCUT2D eigenvalue weighted by Gasteiger charge is 2.06. The maximum Gasteiger partial charge on any atom is 0.142 e. The van der Waals surface area contributed by atoms with Crippen molar-refractivity contribution < 1.29 is 9.47 Å². The zero-order valence-electron chi connectivity index (χ0n) is 11.5. The molecule has 0 radical (unpaired) electrons. The zero-order chi connectivity index (χ0) is 13.7. The van der Waals surface area contributed by atoms with E-state index in [0.717, 1.165) is 29.4 Å². The van der Waals surface area contributed by atoms with E-state index >= 15 is 0 Å². The van der Waals surface area contributed by atoms with Crippen molar-refractivity contribution in [1.29, 1.82) is 0 Å². The molecule has 0 saturated carbocycles. The van der Waals surface area contributed by atoms with Crippen LogP contribution in [0.2, 0.25) is 0 Å². The van der Waals surface area contributed by atoms with Crippen molar-refractivity contribution in [2.45, 2.75) is 20.0 Å². The van der Waals surface area contributed by atoms with Crippen LogP contribution in [0.5, 0.6) is 11.5 Å². The van der Waals surface area contributed by atoms with Gasteiger partial charge in [-0.1, -0.05) is 0 Å². The molecule has 0 spiro atoms. The van der Waals surface area contributed by atoms with Gasteiger partial charge in [0, 0.05) is 18.8 Å². The van der Waals surface area contributed by atoms with Crippen LogP contribution in [0, 0.1) is 0 Å². The lowest BCUT2D eigenvalue weighted by molar-refractivity contribution is 0.404. The van der Waals surface area contributed by atoms with Crippen LogP contribution < -0.4 is 14.8 Å². The highest BCUT2D eigenvalue weighted by Crippen LogP contribution is 2.29. The number of benzene rings is 1. The number of nitrogens with zero attached hydrogens (tertiary/aromatic N) is 2. The second-order valence-electron chi connectivity index (χ2n) is 4.09. The van der Waals surface area contributed by atoms with Crippen LogP contribution in [0.1, 0.15) is 12.6 Å². The molecule has 0 amide bonds. The first-order valence-corrected chi connectivity index (χ1v) is 6.23. The van der Waals surface area contributed by atoms with Gasteiger partial charge in [-0.15, -0.1) is 0 Å². The summed E-state index contributed by atoms with van der Waals surface area (Å²) < 4.78 is 12.7. The molecule has 102 valence electrons. The second-order valence-corrected chi connectivity index (χ2v) is 4.09. The summed E-state index contributed by atoms with van der Waals surface area (Å²) in [4.78, 5) is 4.15. The highest BCUT2D eigenvalue weighted by molar-refractivity contribution is 5.59. The molecule has 0 saturated heterocycles. The van der Waals surface area contributed by atoms with Gasteiger partial charge in [0.1, 0.15) is 11.5 Å². The van der Waals surface area contributed by atoms with Crippen LogP contribution in [0.3, 0.4) is 0 Å². The van der Waals surface area contributed by atoms with E-state index in [1.807, 2.05) is 30.7 Å². The maximum absolute atomic E-state index is 5.33. The monoisotopic (exact) mass is 261 g/mol. The van der Waals surface area contributed by atoms with E-state index in [4.69, 9.17) is 9.47 Å². The average molecular weight is 261 g/mol. The minimum Gasteiger partial charge on any atom is -0.497 e. The summed E-state index contributed by atoms with van der Waals surface area (Å²) >= 11 is 0. The van der Waals surface area contributed by atoms with Crippen LogP contribution in [0.4, 0.5) is 5.69 Å². The molecule has 0 unspecified atom stereocenters. The summed E-state index contributed by atoms with van der Waals surface area (Å²) in [7, 11) is 3.31. The second kappa shape index (κ2) is 6.13. The molecule has 0 atom stereocenters. The van der Waals surface area contributed by atoms with E-state index in [-0.39, 0.29) is 0 Å². The van der Waals surface area contributed by atoms with E-state index in [2.05, 4.69) is 21.8 Å². The number of ether oxygens (including phenoxy) is 2. The number of hydrogen-bond donors (Lipinski definition) is 1. The minimum atomic E-state index is 0.692. The van der Waals surface area contributed by atoms with E-state index in [0.29, 0.717) is 6.54 Å². The van der Waals surface area contributed by atoms with Crippen molar-refractivity contribution >= 4 is 5.69 Å². The number of methoxy groups -OCH3 is 2. The molecule has 2 aromatic rings. The van der Waals surface area contributed by atoms with Crippen molar-refractivity contribution in [3.05, 3.63) is 36.4 Å². The number of aromatic nitrogens is 2. The summed E-state index contributed by atoms with van der Waals surface area (Å²) in [5.41, 5.74) is 2.04. The van der Waals surface area contributed by atoms with Crippen molar-refractivity contribution in [2.75, 3.05) is 19.5 Å². The first-order chi connectivity index (χ1) is 9.28. The Hall–Kier alpha value is -2.17. The molecular formula is C14H19N3O2. The largest absolute Gasteiger partial charge is 0.497 e. The van der Waals surface area contributed by atoms with Gasteiger partial charge < -0.3 is 19.4 Å². The maximum atomic E-state index is 5.33. The fourth-order valence-corrected chi connectivity index (χ4v) is 1.92. The Morgan fingerprint density at radius 2 is 2.11 bits per heavy atom.